The SMILES string of the molecule is C=CCCC[C@@H](C)NC(=O)N1CC[C@@H](S(C)(=O)=O)C1. The first kappa shape index (κ1) is 16.0. The van der Waals surface area contributed by atoms with Gasteiger partial charge in [-0.05, 0) is 32.6 Å². The Morgan fingerprint density at radius 2 is 2.26 bits per heavy atom. The number of hydrogen-bond donors (Lipinski definition) is 1. The average Bonchev–Trinajstić information content (AvgIpc) is 2.78. The highest BCUT2D eigenvalue weighted by Gasteiger charge is 2.32. The van der Waals surface area contributed by atoms with Crippen LogP contribution in [-0.2, 0) is 9.84 Å². The first-order valence-electron chi connectivity index (χ1n) is 6.69. The van der Waals surface area contributed by atoms with Crippen LogP contribution >= 0.6 is 0 Å². The van der Waals surface area contributed by atoms with E-state index in [0.29, 0.717) is 19.5 Å². The Labute approximate surface area is 116 Å². The molecule has 0 spiro atoms. The summed E-state index contributed by atoms with van der Waals surface area (Å²) in [7, 11) is -3.05. The number of carbonyl (C=O) groups excluding carboxylic acids is 1. The van der Waals surface area contributed by atoms with Crippen molar-refractivity contribution in [2.75, 3.05) is 19.3 Å². The number of urea groups is 1. The second-order valence-electron chi connectivity index (χ2n) is 5.26. The van der Waals surface area contributed by atoms with Gasteiger partial charge in [0, 0.05) is 25.4 Å². The van der Waals surface area contributed by atoms with Crippen molar-refractivity contribution in [3.63, 3.8) is 0 Å². The Morgan fingerprint density at radius 1 is 1.58 bits per heavy atom. The number of hydrogen-bond acceptors (Lipinski definition) is 3. The molecule has 0 saturated carbocycles. The van der Waals surface area contributed by atoms with Crippen molar-refractivity contribution in [1.29, 1.82) is 0 Å². The molecule has 0 aromatic rings. The van der Waals surface area contributed by atoms with Gasteiger partial charge in [0.15, 0.2) is 9.84 Å². The first-order chi connectivity index (χ1) is 8.84. The Balaban J connectivity index is 2.37. The standard InChI is InChI=1S/C13H24N2O3S/c1-4-5-6-7-11(2)14-13(16)15-9-8-12(10-15)19(3,17)18/h4,11-12H,1,5-10H2,2-3H3,(H,14,16)/t11-,12-/m1/s1. The van der Waals surface area contributed by atoms with Crippen molar-refractivity contribution in [2.45, 2.75) is 43.9 Å². The van der Waals surface area contributed by atoms with Gasteiger partial charge in [-0.25, -0.2) is 13.2 Å². The number of sulfone groups is 1. The van der Waals surface area contributed by atoms with Crippen LogP contribution in [-0.4, -0.2) is 50.0 Å². The van der Waals surface area contributed by atoms with Crippen LogP contribution in [0.5, 0.6) is 0 Å². The fraction of sp³-hybridized carbons (Fsp3) is 0.769. The lowest BCUT2D eigenvalue weighted by molar-refractivity contribution is 0.204. The summed E-state index contributed by atoms with van der Waals surface area (Å²) >= 11 is 0. The third-order valence-electron chi connectivity index (χ3n) is 3.45. The van der Waals surface area contributed by atoms with Crippen molar-refractivity contribution in [3.8, 4) is 0 Å². The molecular formula is C13H24N2O3S. The van der Waals surface area contributed by atoms with Crippen molar-refractivity contribution < 1.29 is 13.2 Å². The molecule has 6 heteroatoms. The number of amides is 2. The minimum atomic E-state index is -3.05. The topological polar surface area (TPSA) is 66.5 Å². The zero-order valence-corrected chi connectivity index (χ0v) is 12.6. The summed E-state index contributed by atoms with van der Waals surface area (Å²) in [6.45, 7) is 6.45. The van der Waals surface area contributed by atoms with Gasteiger partial charge in [-0.1, -0.05) is 6.08 Å². The average molecular weight is 288 g/mol. The van der Waals surface area contributed by atoms with Gasteiger partial charge in [0.25, 0.3) is 0 Å². The molecule has 110 valence electrons. The maximum Gasteiger partial charge on any atom is 0.317 e. The maximum absolute atomic E-state index is 12.0. The van der Waals surface area contributed by atoms with E-state index in [1.165, 1.54) is 6.26 Å². The van der Waals surface area contributed by atoms with E-state index in [2.05, 4.69) is 11.9 Å². The van der Waals surface area contributed by atoms with Crippen molar-refractivity contribution in [2.24, 2.45) is 0 Å². The van der Waals surface area contributed by atoms with Gasteiger partial charge in [0.2, 0.25) is 0 Å². The predicted molar refractivity (Wildman–Crippen MR) is 76.9 cm³/mol. The molecule has 19 heavy (non-hydrogen) atoms. The number of carbonyl (C=O) groups is 1. The number of nitrogens with one attached hydrogen (secondary N) is 1. The molecular weight excluding hydrogens is 264 g/mol. The summed E-state index contributed by atoms with van der Waals surface area (Å²) in [6.07, 6.45) is 6.48. The fourth-order valence-corrected chi connectivity index (χ4v) is 3.19. The number of allylic oxidation sites excluding steroid dienone is 1. The minimum Gasteiger partial charge on any atom is -0.336 e. The van der Waals surface area contributed by atoms with E-state index < -0.39 is 15.1 Å². The van der Waals surface area contributed by atoms with Crippen LogP contribution in [0.2, 0.25) is 0 Å². The summed E-state index contributed by atoms with van der Waals surface area (Å²) in [5, 5.41) is 2.50. The Bertz CT molecular complexity index is 420. The smallest absolute Gasteiger partial charge is 0.317 e. The van der Waals surface area contributed by atoms with Crippen LogP contribution < -0.4 is 5.32 Å². The predicted octanol–water partition coefficient (Wildman–Crippen LogP) is 1.56. The van der Waals surface area contributed by atoms with Gasteiger partial charge in [0.05, 0.1) is 5.25 Å². The molecule has 1 aliphatic rings. The van der Waals surface area contributed by atoms with Crippen LogP contribution in [0.3, 0.4) is 0 Å². The Hall–Kier alpha value is -1.04. The van der Waals surface area contributed by atoms with Crippen LogP contribution in [0.1, 0.15) is 32.6 Å². The van der Waals surface area contributed by atoms with Gasteiger partial charge in [0.1, 0.15) is 0 Å². The van der Waals surface area contributed by atoms with Gasteiger partial charge in [-0.3, -0.25) is 0 Å². The van der Waals surface area contributed by atoms with Gasteiger partial charge < -0.3 is 10.2 Å². The Morgan fingerprint density at radius 3 is 2.79 bits per heavy atom. The lowest BCUT2D eigenvalue weighted by Gasteiger charge is -2.20. The number of unbranched alkanes of at least 4 members (excludes halogenated alkanes) is 1. The molecule has 1 N–H and O–H groups in total. The second-order valence-corrected chi connectivity index (χ2v) is 7.58. The van der Waals surface area contributed by atoms with Crippen LogP contribution in [0, 0.1) is 0 Å². The van der Waals surface area contributed by atoms with E-state index in [0.717, 1.165) is 19.3 Å². The molecule has 0 aromatic carbocycles. The molecule has 1 saturated heterocycles. The molecule has 1 rings (SSSR count). The normalized spacial score (nSPS) is 21.2. The molecule has 0 radical (unpaired) electrons. The van der Waals surface area contributed by atoms with E-state index in [-0.39, 0.29) is 12.1 Å². The van der Waals surface area contributed by atoms with Crippen molar-refractivity contribution in [3.05, 3.63) is 12.7 Å². The number of rotatable bonds is 6. The summed E-state index contributed by atoms with van der Waals surface area (Å²) < 4.78 is 22.9. The highest BCUT2D eigenvalue weighted by atomic mass is 32.2. The molecule has 1 heterocycles. The monoisotopic (exact) mass is 288 g/mol. The molecule has 2 atom stereocenters. The number of nitrogens with zero attached hydrogens (tertiary/aromatic N) is 1. The molecule has 0 aliphatic carbocycles. The molecule has 0 bridgehead atoms. The second kappa shape index (κ2) is 6.93. The number of likely N-dealkylation sites (tertiary alicyclic amines) is 1. The molecule has 2 amide bonds. The molecule has 1 aliphatic heterocycles. The highest BCUT2D eigenvalue weighted by molar-refractivity contribution is 7.91. The first-order valence-corrected chi connectivity index (χ1v) is 8.65. The summed E-state index contributed by atoms with van der Waals surface area (Å²) in [5.74, 6) is 0. The Kier molecular flexibility index (Phi) is 5.85. The molecule has 0 unspecified atom stereocenters. The van der Waals surface area contributed by atoms with E-state index in [1.54, 1.807) is 4.90 Å². The summed E-state index contributed by atoms with van der Waals surface area (Å²) in [6, 6.07) is -0.0537. The summed E-state index contributed by atoms with van der Waals surface area (Å²) in [5.41, 5.74) is 0. The maximum atomic E-state index is 12.0. The van der Waals surface area contributed by atoms with Crippen LogP contribution in [0.15, 0.2) is 12.7 Å². The largest absolute Gasteiger partial charge is 0.336 e. The van der Waals surface area contributed by atoms with Gasteiger partial charge in [-0.2, -0.15) is 0 Å². The molecule has 5 nitrogen and oxygen atoms in total. The van der Waals surface area contributed by atoms with Crippen LogP contribution in [0.25, 0.3) is 0 Å². The lowest BCUT2D eigenvalue weighted by Crippen LogP contribution is -2.43. The van der Waals surface area contributed by atoms with E-state index in [9.17, 15) is 13.2 Å². The van der Waals surface area contributed by atoms with E-state index in [4.69, 9.17) is 0 Å². The van der Waals surface area contributed by atoms with Gasteiger partial charge >= 0.3 is 6.03 Å². The van der Waals surface area contributed by atoms with Crippen molar-refractivity contribution >= 4 is 15.9 Å². The fourth-order valence-electron chi connectivity index (χ4n) is 2.20. The third kappa shape index (κ3) is 5.22. The third-order valence-corrected chi connectivity index (χ3v) is 5.05. The lowest BCUT2D eigenvalue weighted by atomic mass is 10.1. The zero-order chi connectivity index (χ0) is 14.5. The van der Waals surface area contributed by atoms with Crippen molar-refractivity contribution in [1.82, 2.24) is 10.2 Å². The van der Waals surface area contributed by atoms with Crippen LogP contribution in [0.4, 0.5) is 4.79 Å². The van der Waals surface area contributed by atoms with E-state index >= 15 is 0 Å². The molecule has 1 fully saturated rings. The van der Waals surface area contributed by atoms with E-state index in [1.807, 2.05) is 13.0 Å². The summed E-state index contributed by atoms with van der Waals surface area (Å²) in [4.78, 5) is 13.6. The highest BCUT2D eigenvalue weighted by Crippen LogP contribution is 2.16. The minimum absolute atomic E-state index is 0.102. The van der Waals surface area contributed by atoms with Gasteiger partial charge in [-0.15, -0.1) is 6.58 Å². The quantitative estimate of drug-likeness (QED) is 0.596. The molecule has 0 aromatic heterocycles. The zero-order valence-electron chi connectivity index (χ0n) is 11.8.